The largest absolute Gasteiger partial charge is 0.461 e. The molecule has 0 saturated carbocycles. The van der Waals surface area contributed by atoms with Crippen LogP contribution in [0.5, 0.6) is 5.75 Å². The minimum Gasteiger partial charge on any atom is -0.461 e. The number of allylic oxidation sites excluding steroid dienone is 3. The molecule has 3 nitrogen and oxygen atoms in total. The molecule has 23 heavy (non-hydrogen) atoms. The summed E-state index contributed by atoms with van der Waals surface area (Å²) in [5.41, 5.74) is 4.21. The van der Waals surface area contributed by atoms with Crippen LogP contribution in [0.3, 0.4) is 0 Å². The van der Waals surface area contributed by atoms with Gasteiger partial charge in [0.05, 0.1) is 5.70 Å². The van der Waals surface area contributed by atoms with Crippen LogP contribution >= 0.6 is 0 Å². The highest BCUT2D eigenvalue weighted by molar-refractivity contribution is 5.94. The summed E-state index contributed by atoms with van der Waals surface area (Å²) in [6, 6.07) is 7.13. The molecule has 0 spiro atoms. The van der Waals surface area contributed by atoms with Gasteiger partial charge in [-0.3, -0.25) is 0 Å². The Hall–Kier alpha value is -2.36. The monoisotopic (exact) mass is 314 g/mol. The van der Waals surface area contributed by atoms with Gasteiger partial charge in [-0.15, -0.1) is 0 Å². The van der Waals surface area contributed by atoms with Crippen molar-refractivity contribution < 1.29 is 9.13 Å². The molecule has 1 aromatic rings. The Morgan fingerprint density at radius 1 is 1.39 bits per heavy atom. The average molecular weight is 314 g/mol. The first-order valence-corrected chi connectivity index (χ1v) is 7.75. The zero-order valence-corrected chi connectivity index (χ0v) is 13.9. The Bertz CT molecular complexity index is 654. The van der Waals surface area contributed by atoms with E-state index in [2.05, 4.69) is 29.9 Å². The van der Waals surface area contributed by atoms with Gasteiger partial charge >= 0.3 is 0 Å². The number of alkyl halides is 1. The van der Waals surface area contributed by atoms with Crippen molar-refractivity contribution in [3.63, 3.8) is 0 Å². The second kappa shape index (κ2) is 7.77. The van der Waals surface area contributed by atoms with E-state index in [9.17, 15) is 4.39 Å². The standard InChI is InChI=1S/C19H23FN2O/c1-5-16-8-6-7-13(2)19(16)22-15(4)21-17-9-11-18(12-10-17)23-14(3)20/h5,8-12,14H,1,6-7H2,2-4H3,(H,21,22). The Kier molecular flexibility index (Phi) is 5.74. The quantitative estimate of drug-likeness (QED) is 0.584. The van der Waals surface area contributed by atoms with Crippen LogP contribution in [0.25, 0.3) is 0 Å². The second-order valence-electron chi connectivity index (χ2n) is 5.54. The summed E-state index contributed by atoms with van der Waals surface area (Å²) in [7, 11) is 0. The van der Waals surface area contributed by atoms with E-state index in [1.165, 1.54) is 12.5 Å². The number of aliphatic imine (C=N–C) groups is 1. The number of nitrogens with one attached hydrogen (secondary N) is 1. The van der Waals surface area contributed by atoms with E-state index in [1.54, 1.807) is 12.1 Å². The Morgan fingerprint density at radius 2 is 2.09 bits per heavy atom. The number of hydrogen-bond acceptors (Lipinski definition) is 2. The number of benzene rings is 1. The maximum absolute atomic E-state index is 12.8. The molecule has 0 heterocycles. The van der Waals surface area contributed by atoms with Gasteiger partial charge in [0, 0.05) is 12.6 Å². The van der Waals surface area contributed by atoms with Crippen molar-refractivity contribution in [2.45, 2.75) is 40.0 Å². The molecule has 1 aliphatic rings. The number of ether oxygens (including phenoxy) is 1. The third-order valence-corrected chi connectivity index (χ3v) is 3.54. The highest BCUT2D eigenvalue weighted by atomic mass is 19.1. The third kappa shape index (κ3) is 4.81. The summed E-state index contributed by atoms with van der Waals surface area (Å²) < 4.78 is 17.8. The van der Waals surface area contributed by atoms with E-state index >= 15 is 0 Å². The lowest BCUT2D eigenvalue weighted by atomic mass is 9.97. The van der Waals surface area contributed by atoms with Crippen molar-refractivity contribution in [3.8, 4) is 5.75 Å². The second-order valence-corrected chi connectivity index (χ2v) is 5.54. The normalized spacial score (nSPS) is 16.7. The summed E-state index contributed by atoms with van der Waals surface area (Å²) in [4.78, 5) is 4.69. The van der Waals surface area contributed by atoms with Crippen LogP contribution < -0.4 is 10.1 Å². The zero-order chi connectivity index (χ0) is 16.8. The van der Waals surface area contributed by atoms with Crippen molar-refractivity contribution in [1.82, 2.24) is 0 Å². The van der Waals surface area contributed by atoms with Gasteiger partial charge < -0.3 is 10.1 Å². The molecule has 0 amide bonds. The van der Waals surface area contributed by atoms with Crippen LogP contribution in [-0.4, -0.2) is 12.2 Å². The van der Waals surface area contributed by atoms with E-state index in [1.807, 2.05) is 25.1 Å². The average Bonchev–Trinajstić information content (AvgIpc) is 2.50. The third-order valence-electron chi connectivity index (χ3n) is 3.54. The van der Waals surface area contributed by atoms with Gasteiger partial charge in [-0.2, -0.15) is 0 Å². The molecule has 0 radical (unpaired) electrons. The summed E-state index contributed by atoms with van der Waals surface area (Å²) in [6.45, 7) is 9.24. The van der Waals surface area contributed by atoms with Crippen LogP contribution in [-0.2, 0) is 0 Å². The molecule has 0 fully saturated rings. The topological polar surface area (TPSA) is 33.6 Å². The maximum Gasteiger partial charge on any atom is 0.235 e. The van der Waals surface area contributed by atoms with Gasteiger partial charge in [-0.05, 0) is 62.1 Å². The number of halogens is 1. The molecule has 2 rings (SSSR count). The number of hydrogen-bond donors (Lipinski definition) is 1. The molecule has 1 aliphatic carbocycles. The first-order valence-electron chi connectivity index (χ1n) is 7.75. The van der Waals surface area contributed by atoms with Gasteiger partial charge in [0.1, 0.15) is 11.6 Å². The van der Waals surface area contributed by atoms with Crippen LogP contribution in [0.4, 0.5) is 10.1 Å². The Morgan fingerprint density at radius 3 is 2.70 bits per heavy atom. The predicted octanol–water partition coefficient (Wildman–Crippen LogP) is 5.39. The van der Waals surface area contributed by atoms with E-state index in [0.29, 0.717) is 5.75 Å². The summed E-state index contributed by atoms with van der Waals surface area (Å²) in [6.07, 6.45) is 4.75. The molecule has 122 valence electrons. The van der Waals surface area contributed by atoms with Crippen molar-refractivity contribution in [3.05, 3.63) is 59.8 Å². The minimum absolute atomic E-state index is 0.503. The first kappa shape index (κ1) is 17.0. The zero-order valence-electron chi connectivity index (χ0n) is 13.9. The van der Waals surface area contributed by atoms with Gasteiger partial charge in [-0.25, -0.2) is 9.38 Å². The maximum atomic E-state index is 12.8. The summed E-state index contributed by atoms with van der Waals surface area (Å²) in [5, 5.41) is 3.24. The summed E-state index contributed by atoms with van der Waals surface area (Å²) >= 11 is 0. The lowest BCUT2D eigenvalue weighted by Crippen LogP contribution is -2.09. The van der Waals surface area contributed by atoms with Crippen molar-refractivity contribution in [2.24, 2.45) is 4.99 Å². The SMILES string of the molecule is C=CC1=CCCC(C)=C1/N=C(\C)Nc1ccc(OC(C)F)cc1. The molecular formula is C19H23FN2O. The molecule has 1 unspecified atom stereocenters. The fraction of sp³-hybridized carbons (Fsp3) is 0.316. The van der Waals surface area contributed by atoms with Crippen molar-refractivity contribution >= 4 is 11.5 Å². The van der Waals surface area contributed by atoms with Gasteiger partial charge in [0.2, 0.25) is 6.36 Å². The number of rotatable bonds is 5. The lowest BCUT2D eigenvalue weighted by molar-refractivity contribution is 0.0861. The van der Waals surface area contributed by atoms with Crippen molar-refractivity contribution in [2.75, 3.05) is 5.32 Å². The molecular weight excluding hydrogens is 291 g/mol. The number of anilines is 1. The number of amidine groups is 1. The van der Waals surface area contributed by atoms with E-state index in [0.717, 1.165) is 35.6 Å². The minimum atomic E-state index is -1.32. The van der Waals surface area contributed by atoms with Crippen LogP contribution in [0.1, 0.15) is 33.6 Å². The van der Waals surface area contributed by atoms with E-state index < -0.39 is 6.36 Å². The lowest BCUT2D eigenvalue weighted by Gasteiger charge is -2.15. The van der Waals surface area contributed by atoms with E-state index in [-0.39, 0.29) is 0 Å². The molecule has 4 heteroatoms. The fourth-order valence-electron chi connectivity index (χ4n) is 2.45. The predicted molar refractivity (Wildman–Crippen MR) is 94.6 cm³/mol. The molecule has 0 aromatic heterocycles. The van der Waals surface area contributed by atoms with Crippen LogP contribution in [0.2, 0.25) is 0 Å². The smallest absolute Gasteiger partial charge is 0.235 e. The van der Waals surface area contributed by atoms with Gasteiger partial charge in [0.25, 0.3) is 0 Å². The summed E-state index contributed by atoms with van der Waals surface area (Å²) in [5.74, 6) is 1.30. The highest BCUT2D eigenvalue weighted by Crippen LogP contribution is 2.27. The molecule has 1 N–H and O–H groups in total. The highest BCUT2D eigenvalue weighted by Gasteiger charge is 2.10. The van der Waals surface area contributed by atoms with Crippen molar-refractivity contribution in [1.29, 1.82) is 0 Å². The number of nitrogens with zero attached hydrogens (tertiary/aromatic N) is 1. The Balaban J connectivity index is 2.10. The molecule has 0 saturated heterocycles. The molecule has 0 aliphatic heterocycles. The van der Waals surface area contributed by atoms with Gasteiger partial charge in [0.15, 0.2) is 0 Å². The fourth-order valence-corrected chi connectivity index (χ4v) is 2.45. The molecule has 0 bridgehead atoms. The Labute approximate surface area is 137 Å². The van der Waals surface area contributed by atoms with E-state index in [4.69, 9.17) is 4.74 Å². The van der Waals surface area contributed by atoms with Crippen LogP contribution in [0.15, 0.2) is 64.8 Å². The van der Waals surface area contributed by atoms with Gasteiger partial charge in [-0.1, -0.05) is 18.7 Å². The van der Waals surface area contributed by atoms with Crippen LogP contribution in [0, 0.1) is 0 Å². The molecule has 1 aromatic carbocycles. The first-order chi connectivity index (χ1) is 11.0. The molecule has 1 atom stereocenters.